The van der Waals surface area contributed by atoms with Crippen LogP contribution in [0.15, 0.2) is 36.4 Å². The summed E-state index contributed by atoms with van der Waals surface area (Å²) in [5.74, 6) is -10.3. The quantitative estimate of drug-likeness (QED) is 0.372. The van der Waals surface area contributed by atoms with Crippen molar-refractivity contribution >= 4 is 35.1 Å². The van der Waals surface area contributed by atoms with Gasteiger partial charge in [-0.2, -0.15) is 0 Å². The summed E-state index contributed by atoms with van der Waals surface area (Å²) >= 11 is 0. The van der Waals surface area contributed by atoms with Crippen LogP contribution in [-0.2, 0) is 36.9 Å². The normalized spacial score (nSPS) is 26.8. The summed E-state index contributed by atoms with van der Waals surface area (Å²) in [6.45, 7) is 4.43. The number of aromatic hydroxyl groups is 1. The molecule has 0 bridgehead atoms. The SMILES string of the molecule is CC(C)COC(=O)NCc1ccc(-c2ccc(O)c3c2C[C@H]2C[C@H]4CC(=O)C(C(N)=O)C(=O)[C@@]4(O)C(=O)C2C3=O)cc1. The highest BCUT2D eigenvalue weighted by Gasteiger charge is 2.66. The van der Waals surface area contributed by atoms with Crippen LogP contribution in [0.5, 0.6) is 5.75 Å². The molecule has 0 aromatic heterocycles. The van der Waals surface area contributed by atoms with Crippen LogP contribution < -0.4 is 11.1 Å². The van der Waals surface area contributed by atoms with Gasteiger partial charge in [0, 0.05) is 18.9 Å². The minimum Gasteiger partial charge on any atom is -0.507 e. The first-order valence-corrected chi connectivity index (χ1v) is 13.9. The number of ether oxygens (including phenoxy) is 1. The van der Waals surface area contributed by atoms with Crippen molar-refractivity contribution in [3.63, 3.8) is 0 Å². The van der Waals surface area contributed by atoms with Gasteiger partial charge in [0.25, 0.3) is 0 Å². The predicted octanol–water partition coefficient (Wildman–Crippen LogP) is 1.88. The summed E-state index contributed by atoms with van der Waals surface area (Å²) in [6.07, 6.45) is -0.707. The van der Waals surface area contributed by atoms with Crippen molar-refractivity contribution in [1.29, 1.82) is 0 Å². The summed E-state index contributed by atoms with van der Waals surface area (Å²) < 4.78 is 5.12. The molecule has 0 heterocycles. The smallest absolute Gasteiger partial charge is 0.407 e. The van der Waals surface area contributed by atoms with Crippen molar-refractivity contribution in [3.8, 4) is 16.9 Å². The molecule has 0 saturated heterocycles. The Morgan fingerprint density at radius 3 is 2.38 bits per heavy atom. The summed E-state index contributed by atoms with van der Waals surface area (Å²) in [7, 11) is 0. The Morgan fingerprint density at radius 1 is 1.05 bits per heavy atom. The number of ketones is 4. The molecule has 220 valence electrons. The molecule has 5 rings (SSSR count). The number of nitrogens with two attached hydrogens (primary N) is 1. The van der Waals surface area contributed by atoms with Crippen molar-refractivity contribution < 1.29 is 43.7 Å². The van der Waals surface area contributed by atoms with E-state index in [-0.39, 0.29) is 43.0 Å². The van der Waals surface area contributed by atoms with E-state index >= 15 is 0 Å². The van der Waals surface area contributed by atoms with E-state index in [1.165, 1.54) is 6.07 Å². The fourth-order valence-corrected chi connectivity index (χ4v) is 6.51. The maximum Gasteiger partial charge on any atom is 0.407 e. The molecule has 42 heavy (non-hydrogen) atoms. The third kappa shape index (κ3) is 4.77. The highest BCUT2D eigenvalue weighted by Crippen LogP contribution is 2.51. The number of fused-ring (bicyclic) bond motifs is 3. The van der Waals surface area contributed by atoms with E-state index in [4.69, 9.17) is 10.5 Å². The molecule has 2 saturated carbocycles. The standard InChI is InChI=1S/C31H32N2O9/c1-14(2)13-42-30(40)33-12-15-3-5-16(6-4-15)19-7-8-21(34)24-20(19)10-17-9-18-11-22(35)25(29(32)39)28(38)31(18,41)27(37)23(17)26(24)36/h3-8,14,17-18,23,25,34,41H,9-13H2,1-2H3,(H2,32,39)(H,33,40)/t17-,18+,23?,25?,31+/m1/s1. The number of phenolic OH excluding ortho intramolecular Hbond substituents is 1. The van der Waals surface area contributed by atoms with E-state index in [1.807, 2.05) is 38.1 Å². The van der Waals surface area contributed by atoms with Gasteiger partial charge in [-0.3, -0.25) is 24.0 Å². The molecular weight excluding hydrogens is 544 g/mol. The second-order valence-corrected chi connectivity index (χ2v) is 11.8. The van der Waals surface area contributed by atoms with E-state index in [0.717, 1.165) is 11.1 Å². The van der Waals surface area contributed by atoms with Gasteiger partial charge in [-0.05, 0) is 53.0 Å². The molecule has 0 radical (unpaired) electrons. The van der Waals surface area contributed by atoms with Gasteiger partial charge in [0.1, 0.15) is 5.75 Å². The van der Waals surface area contributed by atoms with Gasteiger partial charge in [-0.1, -0.05) is 44.2 Å². The van der Waals surface area contributed by atoms with Crippen LogP contribution in [0.1, 0.15) is 48.2 Å². The molecule has 5 N–H and O–H groups in total. The van der Waals surface area contributed by atoms with Crippen LogP contribution in [0.25, 0.3) is 11.1 Å². The highest BCUT2D eigenvalue weighted by molar-refractivity contribution is 6.31. The van der Waals surface area contributed by atoms with Gasteiger partial charge >= 0.3 is 6.09 Å². The first-order chi connectivity index (χ1) is 19.8. The molecule has 11 nitrogen and oxygen atoms in total. The van der Waals surface area contributed by atoms with Crippen molar-refractivity contribution in [2.75, 3.05) is 6.61 Å². The third-order valence-electron chi connectivity index (χ3n) is 8.54. The molecule has 2 amide bonds. The Bertz CT molecular complexity index is 1510. The maximum atomic E-state index is 13.8. The number of hydrogen-bond acceptors (Lipinski definition) is 9. The Balaban J connectivity index is 1.43. The first-order valence-electron chi connectivity index (χ1n) is 13.9. The van der Waals surface area contributed by atoms with Crippen LogP contribution in [-0.4, -0.2) is 57.6 Å². The largest absolute Gasteiger partial charge is 0.507 e. The van der Waals surface area contributed by atoms with E-state index in [1.54, 1.807) is 6.07 Å². The molecular formula is C31H32N2O9. The topological polar surface area (TPSA) is 190 Å². The van der Waals surface area contributed by atoms with Crippen LogP contribution in [0.2, 0.25) is 0 Å². The number of Topliss-reactive ketones (excluding diaryl/α,β-unsaturated/α-hetero) is 4. The van der Waals surface area contributed by atoms with Gasteiger partial charge < -0.3 is 26.0 Å². The van der Waals surface area contributed by atoms with Gasteiger partial charge in [-0.15, -0.1) is 0 Å². The van der Waals surface area contributed by atoms with Crippen molar-refractivity contribution in [2.24, 2.45) is 35.3 Å². The Labute approximate surface area is 241 Å². The molecule has 3 aliphatic rings. The van der Waals surface area contributed by atoms with Crippen molar-refractivity contribution in [3.05, 3.63) is 53.1 Å². The lowest BCUT2D eigenvalue weighted by atomic mass is 9.53. The summed E-state index contributed by atoms with van der Waals surface area (Å²) in [5, 5.41) is 24.7. The number of benzene rings is 2. The van der Waals surface area contributed by atoms with E-state index < -0.39 is 64.4 Å². The lowest BCUT2D eigenvalue weighted by Gasteiger charge is -2.48. The molecule has 2 aromatic rings. The number of carbonyl (C=O) groups excluding carboxylic acids is 6. The number of primary amides is 1. The molecule has 2 fully saturated rings. The molecule has 0 spiro atoms. The van der Waals surface area contributed by atoms with Gasteiger partial charge in [0.2, 0.25) is 5.91 Å². The maximum absolute atomic E-state index is 13.8. The zero-order chi connectivity index (χ0) is 30.5. The average molecular weight is 577 g/mol. The van der Waals surface area contributed by atoms with Gasteiger partial charge in [0.15, 0.2) is 34.7 Å². The Kier molecular flexibility index (Phi) is 7.48. The summed E-state index contributed by atoms with van der Waals surface area (Å²) in [4.78, 5) is 76.7. The minimum atomic E-state index is -2.68. The number of amides is 2. The minimum absolute atomic E-state index is 0.0215. The molecule has 2 unspecified atom stereocenters. The predicted molar refractivity (Wildman–Crippen MR) is 147 cm³/mol. The summed E-state index contributed by atoms with van der Waals surface area (Å²) in [6, 6.07) is 10.3. The Hall–Kier alpha value is -4.38. The van der Waals surface area contributed by atoms with Gasteiger partial charge in [0.05, 0.1) is 18.1 Å². The average Bonchev–Trinajstić information content (AvgIpc) is 2.93. The lowest BCUT2D eigenvalue weighted by Crippen LogP contribution is -2.68. The third-order valence-corrected chi connectivity index (χ3v) is 8.54. The van der Waals surface area contributed by atoms with Gasteiger partial charge in [-0.25, -0.2) is 4.79 Å². The van der Waals surface area contributed by atoms with Crippen molar-refractivity contribution in [2.45, 2.75) is 45.3 Å². The fraction of sp³-hybridized carbons (Fsp3) is 0.419. The van der Waals surface area contributed by atoms with E-state index in [9.17, 15) is 39.0 Å². The van der Waals surface area contributed by atoms with Crippen molar-refractivity contribution in [1.82, 2.24) is 5.32 Å². The molecule has 5 atom stereocenters. The molecule has 2 aromatic carbocycles. The number of carbonyl (C=O) groups is 6. The first kappa shape index (κ1) is 29.1. The highest BCUT2D eigenvalue weighted by atomic mass is 16.5. The van der Waals surface area contributed by atoms with Crippen LogP contribution in [0, 0.1) is 29.6 Å². The number of phenols is 1. The van der Waals surface area contributed by atoms with Crippen LogP contribution >= 0.6 is 0 Å². The summed E-state index contributed by atoms with van der Waals surface area (Å²) in [5.41, 5.74) is 5.19. The number of aliphatic hydroxyl groups is 1. The lowest BCUT2D eigenvalue weighted by molar-refractivity contribution is -0.175. The number of alkyl carbamates (subject to hydrolysis) is 1. The van der Waals surface area contributed by atoms with Crippen LogP contribution in [0.3, 0.4) is 0 Å². The fourth-order valence-electron chi connectivity index (χ4n) is 6.51. The monoisotopic (exact) mass is 576 g/mol. The zero-order valence-electron chi connectivity index (χ0n) is 23.2. The number of nitrogens with one attached hydrogen (secondary N) is 1. The number of hydrogen-bond donors (Lipinski definition) is 4. The van der Waals surface area contributed by atoms with E-state index in [2.05, 4.69) is 5.32 Å². The number of rotatable bonds is 6. The van der Waals surface area contributed by atoms with E-state index in [0.29, 0.717) is 17.7 Å². The molecule has 3 aliphatic carbocycles. The van der Waals surface area contributed by atoms with Crippen LogP contribution in [0.4, 0.5) is 4.79 Å². The zero-order valence-corrected chi connectivity index (χ0v) is 23.2. The molecule has 0 aliphatic heterocycles. The Morgan fingerprint density at radius 2 is 1.74 bits per heavy atom. The second-order valence-electron chi connectivity index (χ2n) is 11.8. The molecule has 11 heteroatoms. The second kappa shape index (κ2) is 10.8.